The van der Waals surface area contributed by atoms with Crippen LogP contribution in [0.2, 0.25) is 0 Å². The Morgan fingerprint density at radius 2 is 2.28 bits per heavy atom. The summed E-state index contributed by atoms with van der Waals surface area (Å²) in [4.78, 5) is 14.5. The highest BCUT2D eigenvalue weighted by Gasteiger charge is 2.25. The number of nitrogens with two attached hydrogens (primary N) is 1. The number of anilines is 1. The number of nitrogen functional groups attached to an aromatic ring is 1. The van der Waals surface area contributed by atoms with Crippen LogP contribution in [-0.2, 0) is 0 Å². The number of hydrogen-bond acceptors (Lipinski definition) is 3. The number of rotatable bonds is 2. The molecular formula is C13H21N3OS. The Labute approximate surface area is 113 Å². The molecule has 0 saturated carbocycles. The van der Waals surface area contributed by atoms with Gasteiger partial charge in [-0.3, -0.25) is 4.79 Å². The SMILES string of the molecule is CC1CN(C(=O)c2cc(N)cn2C(C)C)CCS1. The third-order valence-electron chi connectivity index (χ3n) is 3.17. The van der Waals surface area contributed by atoms with Crippen LogP contribution in [0.4, 0.5) is 5.69 Å². The van der Waals surface area contributed by atoms with Gasteiger partial charge in [0.25, 0.3) is 5.91 Å². The first-order valence-electron chi connectivity index (χ1n) is 6.37. The van der Waals surface area contributed by atoms with Crippen molar-refractivity contribution in [3.63, 3.8) is 0 Å². The van der Waals surface area contributed by atoms with Gasteiger partial charge < -0.3 is 15.2 Å². The molecule has 1 fully saturated rings. The quantitative estimate of drug-likeness (QED) is 0.894. The second kappa shape index (κ2) is 5.26. The molecule has 0 spiro atoms. The van der Waals surface area contributed by atoms with Crippen LogP contribution < -0.4 is 5.73 Å². The minimum atomic E-state index is 0.104. The van der Waals surface area contributed by atoms with Gasteiger partial charge in [-0.05, 0) is 19.9 Å². The van der Waals surface area contributed by atoms with Crippen molar-refractivity contribution in [3.05, 3.63) is 18.0 Å². The summed E-state index contributed by atoms with van der Waals surface area (Å²) in [6.07, 6.45) is 1.85. The molecule has 0 aromatic carbocycles. The third-order valence-corrected chi connectivity index (χ3v) is 4.31. The van der Waals surface area contributed by atoms with Crippen molar-refractivity contribution < 1.29 is 4.79 Å². The number of carbonyl (C=O) groups excluding carboxylic acids is 1. The van der Waals surface area contributed by atoms with Crippen molar-refractivity contribution in [1.29, 1.82) is 0 Å². The van der Waals surface area contributed by atoms with E-state index in [4.69, 9.17) is 5.73 Å². The maximum atomic E-state index is 12.5. The van der Waals surface area contributed by atoms with Crippen LogP contribution in [0.1, 0.15) is 37.3 Å². The highest BCUT2D eigenvalue weighted by Crippen LogP contribution is 2.22. The smallest absolute Gasteiger partial charge is 0.270 e. The zero-order chi connectivity index (χ0) is 13.3. The normalized spacial score (nSPS) is 20.4. The summed E-state index contributed by atoms with van der Waals surface area (Å²) in [7, 11) is 0. The van der Waals surface area contributed by atoms with Crippen molar-refractivity contribution >= 4 is 23.4 Å². The first-order chi connectivity index (χ1) is 8.49. The molecular weight excluding hydrogens is 246 g/mol. The molecule has 1 aliphatic heterocycles. The molecule has 1 amide bonds. The van der Waals surface area contributed by atoms with E-state index < -0.39 is 0 Å². The van der Waals surface area contributed by atoms with Gasteiger partial charge in [0.15, 0.2) is 0 Å². The zero-order valence-electron chi connectivity index (χ0n) is 11.2. The van der Waals surface area contributed by atoms with Crippen LogP contribution in [0.15, 0.2) is 12.3 Å². The molecule has 2 rings (SSSR count). The molecule has 5 heteroatoms. The average Bonchev–Trinajstić information content (AvgIpc) is 2.70. The van der Waals surface area contributed by atoms with Crippen LogP contribution in [0, 0.1) is 0 Å². The van der Waals surface area contributed by atoms with Crippen LogP contribution in [-0.4, -0.2) is 39.5 Å². The lowest BCUT2D eigenvalue weighted by atomic mass is 10.3. The van der Waals surface area contributed by atoms with E-state index in [1.807, 2.05) is 27.4 Å². The Bertz CT molecular complexity index is 441. The summed E-state index contributed by atoms with van der Waals surface area (Å²) in [6.45, 7) is 7.94. The first-order valence-corrected chi connectivity index (χ1v) is 7.42. The number of thioether (sulfide) groups is 1. The van der Waals surface area contributed by atoms with Crippen LogP contribution in [0.25, 0.3) is 0 Å². The van der Waals surface area contributed by atoms with E-state index in [-0.39, 0.29) is 11.9 Å². The first kappa shape index (κ1) is 13.3. The Balaban J connectivity index is 2.22. The summed E-state index contributed by atoms with van der Waals surface area (Å²) in [5.74, 6) is 1.12. The van der Waals surface area contributed by atoms with Gasteiger partial charge in [-0.15, -0.1) is 0 Å². The van der Waals surface area contributed by atoms with E-state index in [1.165, 1.54) is 0 Å². The Hall–Kier alpha value is -1.10. The highest BCUT2D eigenvalue weighted by atomic mass is 32.2. The lowest BCUT2D eigenvalue weighted by Crippen LogP contribution is -2.41. The number of amides is 1. The Morgan fingerprint density at radius 3 is 2.89 bits per heavy atom. The lowest BCUT2D eigenvalue weighted by molar-refractivity contribution is 0.0750. The van der Waals surface area contributed by atoms with Gasteiger partial charge in [0.05, 0.1) is 5.69 Å². The number of nitrogens with zero attached hydrogens (tertiary/aromatic N) is 2. The fourth-order valence-electron chi connectivity index (χ4n) is 2.26. The minimum absolute atomic E-state index is 0.104. The summed E-state index contributed by atoms with van der Waals surface area (Å²) < 4.78 is 1.96. The monoisotopic (exact) mass is 267 g/mol. The second-order valence-corrected chi connectivity index (χ2v) is 6.64. The fourth-order valence-corrected chi connectivity index (χ4v) is 3.28. The van der Waals surface area contributed by atoms with Crippen molar-refractivity contribution in [2.75, 3.05) is 24.6 Å². The minimum Gasteiger partial charge on any atom is -0.397 e. The molecule has 2 N–H and O–H groups in total. The molecule has 0 bridgehead atoms. The molecule has 18 heavy (non-hydrogen) atoms. The van der Waals surface area contributed by atoms with Crippen molar-refractivity contribution in [2.45, 2.75) is 32.1 Å². The van der Waals surface area contributed by atoms with E-state index >= 15 is 0 Å². The number of carbonyl (C=O) groups is 1. The summed E-state index contributed by atoms with van der Waals surface area (Å²) in [6, 6.07) is 2.03. The van der Waals surface area contributed by atoms with Crippen LogP contribution >= 0.6 is 11.8 Å². The second-order valence-electron chi connectivity index (χ2n) is 5.09. The molecule has 2 heterocycles. The molecule has 4 nitrogen and oxygen atoms in total. The molecule has 1 aromatic rings. The predicted molar refractivity (Wildman–Crippen MR) is 77.1 cm³/mol. The van der Waals surface area contributed by atoms with E-state index in [0.717, 1.165) is 18.8 Å². The zero-order valence-corrected chi connectivity index (χ0v) is 12.0. The molecule has 1 atom stereocenters. The van der Waals surface area contributed by atoms with Gasteiger partial charge in [0.2, 0.25) is 0 Å². The molecule has 1 aliphatic rings. The van der Waals surface area contributed by atoms with E-state index in [1.54, 1.807) is 6.07 Å². The molecule has 100 valence electrons. The standard InChI is InChI=1S/C13H21N3OS/c1-9(2)16-8-11(14)6-12(16)13(17)15-4-5-18-10(3)7-15/h6,8-10H,4-5,7,14H2,1-3H3. The van der Waals surface area contributed by atoms with Gasteiger partial charge in [-0.1, -0.05) is 6.92 Å². The van der Waals surface area contributed by atoms with E-state index in [0.29, 0.717) is 16.6 Å². The maximum Gasteiger partial charge on any atom is 0.270 e. The molecule has 1 saturated heterocycles. The molecule has 1 unspecified atom stereocenters. The molecule has 0 radical (unpaired) electrons. The van der Waals surface area contributed by atoms with Gasteiger partial charge >= 0.3 is 0 Å². The Morgan fingerprint density at radius 1 is 1.56 bits per heavy atom. The largest absolute Gasteiger partial charge is 0.397 e. The fraction of sp³-hybridized carbons (Fsp3) is 0.615. The average molecular weight is 267 g/mol. The maximum absolute atomic E-state index is 12.5. The highest BCUT2D eigenvalue weighted by molar-refractivity contribution is 7.99. The van der Waals surface area contributed by atoms with Crippen molar-refractivity contribution in [1.82, 2.24) is 9.47 Å². The van der Waals surface area contributed by atoms with Crippen LogP contribution in [0.5, 0.6) is 0 Å². The third kappa shape index (κ3) is 2.66. The summed E-state index contributed by atoms with van der Waals surface area (Å²) >= 11 is 1.92. The summed E-state index contributed by atoms with van der Waals surface area (Å²) in [5.41, 5.74) is 7.18. The predicted octanol–water partition coefficient (Wildman–Crippen LogP) is 2.23. The molecule has 1 aromatic heterocycles. The van der Waals surface area contributed by atoms with Gasteiger partial charge in [0, 0.05) is 36.3 Å². The van der Waals surface area contributed by atoms with Gasteiger partial charge in [-0.25, -0.2) is 0 Å². The van der Waals surface area contributed by atoms with Crippen molar-refractivity contribution in [2.24, 2.45) is 0 Å². The topological polar surface area (TPSA) is 51.3 Å². The number of hydrogen-bond donors (Lipinski definition) is 1. The van der Waals surface area contributed by atoms with Crippen molar-refractivity contribution in [3.8, 4) is 0 Å². The van der Waals surface area contributed by atoms with Gasteiger partial charge in [0.1, 0.15) is 5.69 Å². The van der Waals surface area contributed by atoms with Crippen LogP contribution in [0.3, 0.4) is 0 Å². The lowest BCUT2D eigenvalue weighted by Gasteiger charge is -2.31. The van der Waals surface area contributed by atoms with Gasteiger partial charge in [-0.2, -0.15) is 11.8 Å². The van der Waals surface area contributed by atoms with E-state index in [9.17, 15) is 4.79 Å². The van der Waals surface area contributed by atoms with E-state index in [2.05, 4.69) is 20.8 Å². The summed E-state index contributed by atoms with van der Waals surface area (Å²) in [5, 5.41) is 0.516. The Kier molecular flexibility index (Phi) is 3.90. The molecule has 0 aliphatic carbocycles. The number of aromatic nitrogens is 1.